The maximum Gasteiger partial charge on any atom is 0.312 e. The van der Waals surface area contributed by atoms with Crippen LogP contribution < -0.4 is 4.74 Å². The van der Waals surface area contributed by atoms with Gasteiger partial charge in [0.2, 0.25) is 0 Å². The molecule has 0 N–H and O–H groups in total. The van der Waals surface area contributed by atoms with Gasteiger partial charge in [-0.15, -0.1) is 0 Å². The minimum atomic E-state index is -0.330. The average molecular weight is 427 g/mol. The largest absolute Gasteiger partial charge is 0.491 e. The van der Waals surface area contributed by atoms with Gasteiger partial charge in [-0.3, -0.25) is 4.79 Å². The number of methoxy groups -OCH3 is 1. The number of esters is 1. The third kappa shape index (κ3) is 3.23. The third-order valence-electron chi connectivity index (χ3n) is 9.54. The number of ether oxygens (including phenoxy) is 3. The van der Waals surface area contributed by atoms with Gasteiger partial charge in [-0.05, 0) is 106 Å². The lowest BCUT2D eigenvalue weighted by Gasteiger charge is -2.56. The summed E-state index contributed by atoms with van der Waals surface area (Å²) in [6.07, 6.45) is 9.00. The van der Waals surface area contributed by atoms with Gasteiger partial charge in [-0.25, -0.2) is 0 Å². The molecule has 0 bridgehead atoms. The first-order valence-electron chi connectivity index (χ1n) is 12.3. The SMILES string of the molecule is COCCOc1ccc2c(c1)CC[C@@H]1[C@@H]2CC[C@@]2(C)[C@H]1CC[C@@]21CCC(C)(C)C(=O)O1. The molecule has 1 aromatic carbocycles. The molecule has 0 radical (unpaired) electrons. The Bertz CT molecular complexity index is 861. The molecule has 1 heterocycles. The fraction of sp³-hybridized carbons (Fsp3) is 0.741. The Morgan fingerprint density at radius 1 is 1.03 bits per heavy atom. The van der Waals surface area contributed by atoms with E-state index in [2.05, 4.69) is 25.1 Å². The van der Waals surface area contributed by atoms with Crippen molar-refractivity contribution in [1.29, 1.82) is 0 Å². The second-order valence-corrected chi connectivity index (χ2v) is 11.4. The molecule has 0 unspecified atom stereocenters. The third-order valence-corrected chi connectivity index (χ3v) is 9.54. The average Bonchev–Trinajstić information content (AvgIpc) is 3.03. The molecule has 0 aromatic heterocycles. The molecule has 4 aliphatic rings. The normalized spacial score (nSPS) is 38.2. The van der Waals surface area contributed by atoms with E-state index in [1.165, 1.54) is 24.8 Å². The van der Waals surface area contributed by atoms with E-state index in [1.807, 2.05) is 13.8 Å². The van der Waals surface area contributed by atoms with Gasteiger partial charge in [0.25, 0.3) is 0 Å². The first kappa shape index (κ1) is 21.3. The molecule has 1 aromatic rings. The standard InChI is InChI=1S/C27H38O4/c1-25(2)13-14-27(31-24(25)28)12-10-23-22-7-5-18-17-19(30-16-15-29-4)6-8-20(18)21(22)9-11-26(23,27)3/h6,8,17,21-23H,5,7,9-16H2,1-4H3/t21-,22-,23+,26+,27-/m1/s1. The van der Waals surface area contributed by atoms with E-state index in [0.29, 0.717) is 31.0 Å². The van der Waals surface area contributed by atoms with Crippen LogP contribution in [0.2, 0.25) is 0 Å². The van der Waals surface area contributed by atoms with E-state index in [1.54, 1.807) is 12.7 Å². The van der Waals surface area contributed by atoms with Gasteiger partial charge in [0, 0.05) is 12.5 Å². The molecule has 31 heavy (non-hydrogen) atoms. The molecule has 1 aliphatic heterocycles. The summed E-state index contributed by atoms with van der Waals surface area (Å²) in [6.45, 7) is 7.75. The molecule has 3 aliphatic carbocycles. The summed E-state index contributed by atoms with van der Waals surface area (Å²) in [5, 5.41) is 0. The number of hydrogen-bond donors (Lipinski definition) is 0. The molecule has 170 valence electrons. The summed E-state index contributed by atoms with van der Waals surface area (Å²) in [6, 6.07) is 6.73. The minimum Gasteiger partial charge on any atom is -0.491 e. The van der Waals surface area contributed by atoms with Crippen LogP contribution in [-0.2, 0) is 20.7 Å². The number of aryl methyl sites for hydroxylation is 1. The van der Waals surface area contributed by atoms with Crippen molar-refractivity contribution in [1.82, 2.24) is 0 Å². The molecule has 0 amide bonds. The summed E-state index contributed by atoms with van der Waals surface area (Å²) in [5.41, 5.74) is 2.58. The fourth-order valence-electron chi connectivity index (χ4n) is 7.55. The van der Waals surface area contributed by atoms with Crippen LogP contribution in [0, 0.1) is 22.7 Å². The summed E-state index contributed by atoms with van der Waals surface area (Å²) < 4.78 is 17.3. The van der Waals surface area contributed by atoms with Gasteiger partial charge >= 0.3 is 5.97 Å². The van der Waals surface area contributed by atoms with E-state index < -0.39 is 0 Å². The van der Waals surface area contributed by atoms with Gasteiger partial charge in [0.15, 0.2) is 0 Å². The van der Waals surface area contributed by atoms with Gasteiger partial charge in [-0.1, -0.05) is 13.0 Å². The molecule has 5 rings (SSSR count). The van der Waals surface area contributed by atoms with E-state index in [4.69, 9.17) is 14.2 Å². The first-order chi connectivity index (χ1) is 14.8. The minimum absolute atomic E-state index is 0.0257. The highest BCUT2D eigenvalue weighted by atomic mass is 16.6. The van der Waals surface area contributed by atoms with Gasteiger partial charge in [0.1, 0.15) is 18.0 Å². The molecule has 4 nitrogen and oxygen atoms in total. The van der Waals surface area contributed by atoms with Crippen molar-refractivity contribution in [3.05, 3.63) is 29.3 Å². The van der Waals surface area contributed by atoms with Gasteiger partial charge in [0.05, 0.1) is 12.0 Å². The predicted octanol–water partition coefficient (Wildman–Crippen LogP) is 5.67. The molecule has 1 spiro atoms. The highest BCUT2D eigenvalue weighted by molar-refractivity contribution is 5.77. The topological polar surface area (TPSA) is 44.8 Å². The number of fused-ring (bicyclic) bond motifs is 6. The molecular weight excluding hydrogens is 388 g/mol. The number of rotatable bonds is 4. The summed E-state index contributed by atoms with van der Waals surface area (Å²) in [7, 11) is 1.70. The quantitative estimate of drug-likeness (QED) is 0.460. The van der Waals surface area contributed by atoms with Crippen LogP contribution in [0.1, 0.15) is 82.8 Å². The zero-order valence-electron chi connectivity index (χ0n) is 19.7. The maximum absolute atomic E-state index is 12.8. The maximum atomic E-state index is 12.8. The van der Waals surface area contributed by atoms with Crippen molar-refractivity contribution in [3.8, 4) is 5.75 Å². The Balaban J connectivity index is 1.37. The molecule has 2 saturated carbocycles. The lowest BCUT2D eigenvalue weighted by Crippen LogP contribution is -2.56. The Kier molecular flexibility index (Phi) is 5.16. The Morgan fingerprint density at radius 2 is 1.87 bits per heavy atom. The van der Waals surface area contributed by atoms with E-state index in [-0.39, 0.29) is 22.4 Å². The van der Waals surface area contributed by atoms with Crippen molar-refractivity contribution in [3.63, 3.8) is 0 Å². The highest BCUT2D eigenvalue weighted by Gasteiger charge is 2.65. The van der Waals surface area contributed by atoms with Crippen LogP contribution >= 0.6 is 0 Å². The lowest BCUT2D eigenvalue weighted by molar-refractivity contribution is -0.206. The Morgan fingerprint density at radius 3 is 2.65 bits per heavy atom. The first-order valence-corrected chi connectivity index (χ1v) is 12.3. The number of carbonyl (C=O) groups is 1. The summed E-state index contributed by atoms with van der Waals surface area (Å²) >= 11 is 0. The summed E-state index contributed by atoms with van der Waals surface area (Å²) in [5.74, 6) is 3.00. The van der Waals surface area contributed by atoms with E-state index >= 15 is 0 Å². The zero-order chi connectivity index (χ0) is 21.9. The van der Waals surface area contributed by atoms with Crippen molar-refractivity contribution >= 4 is 5.97 Å². The number of benzene rings is 1. The predicted molar refractivity (Wildman–Crippen MR) is 120 cm³/mol. The molecule has 5 atom stereocenters. The lowest BCUT2D eigenvalue weighted by atomic mass is 9.52. The van der Waals surface area contributed by atoms with Crippen LogP contribution in [0.4, 0.5) is 0 Å². The second-order valence-electron chi connectivity index (χ2n) is 11.4. The van der Waals surface area contributed by atoms with Crippen LogP contribution in [-0.4, -0.2) is 31.9 Å². The van der Waals surface area contributed by atoms with Crippen molar-refractivity contribution in [2.45, 2.75) is 83.7 Å². The van der Waals surface area contributed by atoms with E-state index in [0.717, 1.165) is 37.9 Å². The second kappa shape index (κ2) is 7.50. The van der Waals surface area contributed by atoms with Gasteiger partial charge in [-0.2, -0.15) is 0 Å². The molecular formula is C27H38O4. The molecule has 1 saturated heterocycles. The van der Waals surface area contributed by atoms with Gasteiger partial charge < -0.3 is 14.2 Å². The Hall–Kier alpha value is -1.55. The van der Waals surface area contributed by atoms with Crippen molar-refractivity contribution < 1.29 is 19.0 Å². The molecule has 4 heteroatoms. The smallest absolute Gasteiger partial charge is 0.312 e. The van der Waals surface area contributed by atoms with Crippen molar-refractivity contribution in [2.24, 2.45) is 22.7 Å². The Labute approximate surface area is 187 Å². The number of carbonyl (C=O) groups excluding carboxylic acids is 1. The van der Waals surface area contributed by atoms with Crippen LogP contribution in [0.5, 0.6) is 5.75 Å². The molecule has 3 fully saturated rings. The van der Waals surface area contributed by atoms with Crippen LogP contribution in [0.15, 0.2) is 18.2 Å². The van der Waals surface area contributed by atoms with Crippen LogP contribution in [0.3, 0.4) is 0 Å². The van der Waals surface area contributed by atoms with Crippen molar-refractivity contribution in [2.75, 3.05) is 20.3 Å². The fourth-order valence-corrected chi connectivity index (χ4v) is 7.55. The van der Waals surface area contributed by atoms with Crippen LogP contribution in [0.25, 0.3) is 0 Å². The zero-order valence-corrected chi connectivity index (χ0v) is 19.7. The van der Waals surface area contributed by atoms with E-state index in [9.17, 15) is 4.79 Å². The number of hydrogen-bond acceptors (Lipinski definition) is 4. The highest BCUT2D eigenvalue weighted by Crippen LogP contribution is 2.67. The monoisotopic (exact) mass is 426 g/mol. The summed E-state index contributed by atoms with van der Waals surface area (Å²) in [4.78, 5) is 12.8.